The van der Waals surface area contributed by atoms with Gasteiger partial charge in [0.25, 0.3) is 5.91 Å². The van der Waals surface area contributed by atoms with Crippen LogP contribution in [0.1, 0.15) is 43.9 Å². The lowest BCUT2D eigenvalue weighted by molar-refractivity contribution is -0.122. The highest BCUT2D eigenvalue weighted by Crippen LogP contribution is 2.18. The average molecular weight is 295 g/mol. The molecule has 0 fully saturated rings. The Labute approximate surface area is 125 Å². The minimum Gasteiger partial charge on any atom is -0.395 e. The number of aromatic nitrogens is 2. The van der Waals surface area contributed by atoms with Crippen LogP contribution in [-0.2, 0) is 18.3 Å². The fourth-order valence-electron chi connectivity index (χ4n) is 2.13. The molecule has 0 atom stereocenters. The zero-order chi connectivity index (χ0) is 16.2. The van der Waals surface area contributed by atoms with Crippen LogP contribution in [0.2, 0.25) is 0 Å². The van der Waals surface area contributed by atoms with Crippen molar-refractivity contribution in [3.8, 4) is 0 Å². The molecule has 1 aromatic rings. The number of nitrogen functional groups attached to an aromatic ring is 1. The van der Waals surface area contributed by atoms with E-state index in [1.807, 2.05) is 27.7 Å². The van der Waals surface area contributed by atoms with E-state index in [4.69, 9.17) is 5.73 Å². The number of nitrogens with one attached hydrogen (secondary N) is 1. The molecule has 1 heterocycles. The SMILES string of the molecule is CCc1nn(C)c(C(=O)N(CC)CC(=O)NC(C)C)c1N. The van der Waals surface area contributed by atoms with Crippen LogP contribution in [0.25, 0.3) is 0 Å². The van der Waals surface area contributed by atoms with E-state index < -0.39 is 0 Å². The summed E-state index contributed by atoms with van der Waals surface area (Å²) in [6.07, 6.45) is 0.660. The Balaban J connectivity index is 2.94. The Morgan fingerprint density at radius 3 is 2.43 bits per heavy atom. The van der Waals surface area contributed by atoms with Gasteiger partial charge in [-0.25, -0.2) is 0 Å². The van der Waals surface area contributed by atoms with E-state index >= 15 is 0 Å². The van der Waals surface area contributed by atoms with Gasteiger partial charge in [-0.05, 0) is 27.2 Å². The number of amides is 2. The van der Waals surface area contributed by atoms with Crippen molar-refractivity contribution in [1.29, 1.82) is 0 Å². The Morgan fingerprint density at radius 1 is 1.38 bits per heavy atom. The first-order valence-corrected chi connectivity index (χ1v) is 7.21. The molecule has 0 bridgehead atoms. The molecule has 7 heteroatoms. The van der Waals surface area contributed by atoms with Crippen LogP contribution >= 0.6 is 0 Å². The van der Waals surface area contributed by atoms with Crippen LogP contribution in [0.15, 0.2) is 0 Å². The van der Waals surface area contributed by atoms with Crippen molar-refractivity contribution in [3.05, 3.63) is 11.4 Å². The monoisotopic (exact) mass is 295 g/mol. The number of carbonyl (C=O) groups is 2. The summed E-state index contributed by atoms with van der Waals surface area (Å²) in [7, 11) is 1.69. The smallest absolute Gasteiger partial charge is 0.274 e. The first-order chi connectivity index (χ1) is 9.81. The molecule has 0 spiro atoms. The van der Waals surface area contributed by atoms with E-state index in [2.05, 4.69) is 10.4 Å². The largest absolute Gasteiger partial charge is 0.395 e. The first kappa shape index (κ1) is 17.0. The van der Waals surface area contributed by atoms with Gasteiger partial charge in [-0.15, -0.1) is 0 Å². The third-order valence-corrected chi connectivity index (χ3v) is 3.15. The molecule has 0 aliphatic rings. The molecule has 3 N–H and O–H groups in total. The number of hydrogen-bond donors (Lipinski definition) is 2. The molecule has 118 valence electrons. The Bertz CT molecular complexity index is 522. The Kier molecular flexibility index (Phi) is 5.75. The maximum atomic E-state index is 12.6. The lowest BCUT2D eigenvalue weighted by Gasteiger charge is -2.21. The molecule has 1 rings (SSSR count). The summed E-state index contributed by atoms with van der Waals surface area (Å²) in [6.45, 7) is 7.95. The van der Waals surface area contributed by atoms with Gasteiger partial charge in [0.2, 0.25) is 5.91 Å². The maximum absolute atomic E-state index is 12.6. The molecule has 0 aliphatic heterocycles. The van der Waals surface area contributed by atoms with E-state index in [0.29, 0.717) is 30.0 Å². The molecule has 0 saturated heterocycles. The van der Waals surface area contributed by atoms with Crippen molar-refractivity contribution in [2.24, 2.45) is 7.05 Å². The van der Waals surface area contributed by atoms with Gasteiger partial charge in [-0.1, -0.05) is 6.92 Å². The quantitative estimate of drug-likeness (QED) is 0.801. The lowest BCUT2D eigenvalue weighted by atomic mass is 10.2. The maximum Gasteiger partial charge on any atom is 0.274 e. The molecule has 7 nitrogen and oxygen atoms in total. The van der Waals surface area contributed by atoms with Gasteiger partial charge in [0.1, 0.15) is 5.69 Å². The molecule has 0 aliphatic carbocycles. The zero-order valence-electron chi connectivity index (χ0n) is 13.4. The molecule has 2 amide bonds. The molecule has 0 aromatic carbocycles. The summed E-state index contributed by atoms with van der Waals surface area (Å²) < 4.78 is 1.49. The van der Waals surface area contributed by atoms with Gasteiger partial charge in [0, 0.05) is 19.6 Å². The van der Waals surface area contributed by atoms with Gasteiger partial charge in [-0.2, -0.15) is 5.10 Å². The van der Waals surface area contributed by atoms with Crippen LogP contribution in [-0.4, -0.2) is 45.6 Å². The summed E-state index contributed by atoms with van der Waals surface area (Å²) >= 11 is 0. The van der Waals surface area contributed by atoms with Gasteiger partial charge in [0.15, 0.2) is 0 Å². The minimum atomic E-state index is -0.274. The molecular weight excluding hydrogens is 270 g/mol. The fourth-order valence-corrected chi connectivity index (χ4v) is 2.13. The van der Waals surface area contributed by atoms with Crippen LogP contribution in [0.5, 0.6) is 0 Å². The van der Waals surface area contributed by atoms with E-state index in [1.165, 1.54) is 9.58 Å². The van der Waals surface area contributed by atoms with Crippen molar-refractivity contribution >= 4 is 17.5 Å². The minimum absolute atomic E-state index is 0.0135. The third kappa shape index (κ3) is 3.96. The first-order valence-electron chi connectivity index (χ1n) is 7.21. The van der Waals surface area contributed by atoms with Crippen molar-refractivity contribution in [2.45, 2.75) is 40.2 Å². The third-order valence-electron chi connectivity index (χ3n) is 3.15. The number of anilines is 1. The summed E-state index contributed by atoms with van der Waals surface area (Å²) in [4.78, 5) is 25.9. The number of rotatable bonds is 6. The summed E-state index contributed by atoms with van der Waals surface area (Å²) in [5, 5.41) is 7.01. The van der Waals surface area contributed by atoms with E-state index in [1.54, 1.807) is 7.05 Å². The molecule has 0 saturated carbocycles. The molecular formula is C14H25N5O2. The second-order valence-corrected chi connectivity index (χ2v) is 5.23. The topological polar surface area (TPSA) is 93.2 Å². The van der Waals surface area contributed by atoms with Crippen molar-refractivity contribution in [3.63, 3.8) is 0 Å². The molecule has 0 radical (unpaired) electrons. The zero-order valence-corrected chi connectivity index (χ0v) is 13.4. The van der Waals surface area contributed by atoms with Crippen molar-refractivity contribution < 1.29 is 9.59 Å². The van der Waals surface area contributed by atoms with Crippen molar-refractivity contribution in [2.75, 3.05) is 18.8 Å². The van der Waals surface area contributed by atoms with Gasteiger partial charge < -0.3 is 16.0 Å². The predicted molar refractivity (Wildman–Crippen MR) is 81.9 cm³/mol. The fraction of sp³-hybridized carbons (Fsp3) is 0.643. The highest BCUT2D eigenvalue weighted by molar-refractivity contribution is 5.99. The number of likely N-dealkylation sites (N-methyl/N-ethyl adjacent to an activating group) is 1. The lowest BCUT2D eigenvalue weighted by Crippen LogP contribution is -2.43. The van der Waals surface area contributed by atoms with Gasteiger partial charge >= 0.3 is 0 Å². The highest BCUT2D eigenvalue weighted by Gasteiger charge is 2.24. The van der Waals surface area contributed by atoms with Crippen LogP contribution in [0, 0.1) is 0 Å². The van der Waals surface area contributed by atoms with Crippen LogP contribution in [0.3, 0.4) is 0 Å². The second kappa shape index (κ2) is 7.10. The van der Waals surface area contributed by atoms with Crippen LogP contribution < -0.4 is 11.1 Å². The number of nitrogens with two attached hydrogens (primary N) is 1. The van der Waals surface area contributed by atoms with E-state index in [-0.39, 0.29) is 24.4 Å². The number of carbonyl (C=O) groups excluding carboxylic acids is 2. The predicted octanol–water partition coefficient (Wildman–Crippen LogP) is 0.551. The molecule has 21 heavy (non-hydrogen) atoms. The number of aryl methyl sites for hydroxylation is 2. The summed E-state index contributed by atoms with van der Waals surface area (Å²) in [5.74, 6) is -0.458. The second-order valence-electron chi connectivity index (χ2n) is 5.23. The average Bonchev–Trinajstić information content (AvgIpc) is 2.69. The van der Waals surface area contributed by atoms with Crippen LogP contribution in [0.4, 0.5) is 5.69 Å². The van der Waals surface area contributed by atoms with Crippen molar-refractivity contribution in [1.82, 2.24) is 20.0 Å². The summed E-state index contributed by atoms with van der Waals surface area (Å²) in [6, 6.07) is 0.0415. The number of hydrogen-bond acceptors (Lipinski definition) is 4. The molecule has 1 aromatic heterocycles. The Hall–Kier alpha value is -2.05. The number of nitrogens with zero attached hydrogens (tertiary/aromatic N) is 3. The molecule has 0 unspecified atom stereocenters. The van der Waals surface area contributed by atoms with E-state index in [9.17, 15) is 9.59 Å². The highest BCUT2D eigenvalue weighted by atomic mass is 16.2. The standard InChI is InChI=1S/C14H25N5O2/c1-6-10-12(15)13(18(5)17-10)14(21)19(7-2)8-11(20)16-9(3)4/h9H,6-8,15H2,1-5H3,(H,16,20). The Morgan fingerprint density at radius 2 is 2.00 bits per heavy atom. The van der Waals surface area contributed by atoms with E-state index in [0.717, 1.165) is 0 Å². The normalized spacial score (nSPS) is 10.8. The summed E-state index contributed by atoms with van der Waals surface area (Å²) in [5.41, 5.74) is 7.42. The van der Waals surface area contributed by atoms with Gasteiger partial charge in [0.05, 0.1) is 17.9 Å². The van der Waals surface area contributed by atoms with Gasteiger partial charge in [-0.3, -0.25) is 14.3 Å².